The van der Waals surface area contributed by atoms with Crippen LogP contribution in [-0.2, 0) is 6.54 Å². The SMILES string of the molecule is O=C(Nc1ccnn1Cc1cccs1)c1sc2cc(F)ccc2c1Cl. The van der Waals surface area contributed by atoms with Gasteiger partial charge >= 0.3 is 0 Å². The standard InChI is InChI=1S/C17H11ClFN3OS2/c18-15-12-4-3-10(19)8-13(12)25-16(15)17(23)21-14-5-6-20-22(14)9-11-2-1-7-24-11/h1-8H,9H2,(H,21,23). The van der Waals surface area contributed by atoms with E-state index in [2.05, 4.69) is 10.4 Å². The number of amides is 1. The topological polar surface area (TPSA) is 46.9 Å². The van der Waals surface area contributed by atoms with Crippen molar-refractivity contribution in [3.05, 3.63) is 68.6 Å². The summed E-state index contributed by atoms with van der Waals surface area (Å²) < 4.78 is 15.7. The summed E-state index contributed by atoms with van der Waals surface area (Å²) in [7, 11) is 0. The van der Waals surface area contributed by atoms with Crippen LogP contribution in [0.15, 0.2) is 48.0 Å². The van der Waals surface area contributed by atoms with Crippen molar-refractivity contribution in [2.45, 2.75) is 6.54 Å². The molecule has 0 spiro atoms. The number of nitrogens with one attached hydrogen (secondary N) is 1. The minimum Gasteiger partial charge on any atom is -0.306 e. The summed E-state index contributed by atoms with van der Waals surface area (Å²) in [4.78, 5) is 14.1. The number of aromatic nitrogens is 2. The van der Waals surface area contributed by atoms with Gasteiger partial charge in [0.1, 0.15) is 16.5 Å². The first-order valence-electron chi connectivity index (χ1n) is 7.35. The highest BCUT2D eigenvalue weighted by atomic mass is 35.5. The van der Waals surface area contributed by atoms with E-state index in [1.165, 1.54) is 23.5 Å². The fourth-order valence-corrected chi connectivity index (χ4v) is 4.60. The van der Waals surface area contributed by atoms with Gasteiger partial charge in [-0.15, -0.1) is 22.7 Å². The predicted octanol–water partition coefficient (Wildman–Crippen LogP) is 5.25. The Labute approximate surface area is 155 Å². The van der Waals surface area contributed by atoms with E-state index in [4.69, 9.17) is 11.6 Å². The lowest BCUT2D eigenvalue weighted by Gasteiger charge is -2.07. The Bertz CT molecular complexity index is 1060. The summed E-state index contributed by atoms with van der Waals surface area (Å²) in [5, 5.41) is 10.1. The van der Waals surface area contributed by atoms with Gasteiger partial charge in [0, 0.05) is 21.0 Å². The van der Waals surface area contributed by atoms with Crippen molar-refractivity contribution < 1.29 is 9.18 Å². The Morgan fingerprint density at radius 3 is 3.00 bits per heavy atom. The third-order valence-corrected chi connectivity index (χ3v) is 6.16. The molecule has 0 bridgehead atoms. The number of rotatable bonds is 4. The number of hydrogen-bond acceptors (Lipinski definition) is 4. The van der Waals surface area contributed by atoms with E-state index in [1.807, 2.05) is 17.5 Å². The van der Waals surface area contributed by atoms with E-state index in [-0.39, 0.29) is 11.7 Å². The molecule has 4 aromatic rings. The van der Waals surface area contributed by atoms with Crippen LogP contribution < -0.4 is 5.32 Å². The molecular weight excluding hydrogens is 381 g/mol. The molecule has 0 fully saturated rings. The Morgan fingerprint density at radius 1 is 1.32 bits per heavy atom. The first-order chi connectivity index (χ1) is 12.1. The van der Waals surface area contributed by atoms with Gasteiger partial charge in [0.15, 0.2) is 0 Å². The summed E-state index contributed by atoms with van der Waals surface area (Å²) >= 11 is 9.10. The maximum Gasteiger partial charge on any atom is 0.268 e. The molecule has 126 valence electrons. The van der Waals surface area contributed by atoms with Crippen molar-refractivity contribution in [2.75, 3.05) is 5.32 Å². The number of carbonyl (C=O) groups is 1. The summed E-state index contributed by atoms with van der Waals surface area (Å²) in [5.41, 5.74) is 0. The average Bonchev–Trinajstić information content (AvgIpc) is 3.30. The Kier molecular flexibility index (Phi) is 4.29. The van der Waals surface area contributed by atoms with Crippen LogP contribution in [0.5, 0.6) is 0 Å². The highest BCUT2D eigenvalue weighted by molar-refractivity contribution is 7.21. The van der Waals surface area contributed by atoms with E-state index in [0.717, 1.165) is 4.88 Å². The van der Waals surface area contributed by atoms with Gasteiger partial charge in [0.2, 0.25) is 0 Å². The quantitative estimate of drug-likeness (QED) is 0.516. The largest absolute Gasteiger partial charge is 0.306 e. The molecular formula is C17H11ClFN3OS2. The van der Waals surface area contributed by atoms with Crippen LogP contribution in [0, 0.1) is 5.82 Å². The predicted molar refractivity (Wildman–Crippen MR) is 100 cm³/mol. The molecule has 25 heavy (non-hydrogen) atoms. The van der Waals surface area contributed by atoms with E-state index in [0.29, 0.717) is 32.3 Å². The lowest BCUT2D eigenvalue weighted by molar-refractivity contribution is 0.102. The van der Waals surface area contributed by atoms with Gasteiger partial charge in [-0.1, -0.05) is 17.7 Å². The van der Waals surface area contributed by atoms with Crippen molar-refractivity contribution in [3.8, 4) is 0 Å². The van der Waals surface area contributed by atoms with Gasteiger partial charge in [-0.2, -0.15) is 5.10 Å². The fraction of sp³-hybridized carbons (Fsp3) is 0.0588. The normalized spacial score (nSPS) is 11.1. The molecule has 0 saturated heterocycles. The summed E-state index contributed by atoms with van der Waals surface area (Å²) in [6.07, 6.45) is 1.63. The van der Waals surface area contributed by atoms with Crippen LogP contribution in [0.3, 0.4) is 0 Å². The van der Waals surface area contributed by atoms with Gasteiger partial charge in [-0.3, -0.25) is 4.79 Å². The minimum absolute atomic E-state index is 0.334. The lowest BCUT2D eigenvalue weighted by Crippen LogP contribution is -2.15. The number of halogens is 2. The maximum atomic E-state index is 13.4. The molecule has 4 nitrogen and oxygen atoms in total. The van der Waals surface area contributed by atoms with E-state index in [9.17, 15) is 9.18 Å². The Morgan fingerprint density at radius 2 is 2.20 bits per heavy atom. The van der Waals surface area contributed by atoms with Gasteiger partial charge in [-0.25, -0.2) is 9.07 Å². The number of benzene rings is 1. The van der Waals surface area contributed by atoms with Crippen LogP contribution in [-0.4, -0.2) is 15.7 Å². The van der Waals surface area contributed by atoms with Crippen LogP contribution >= 0.6 is 34.3 Å². The molecule has 1 amide bonds. The maximum absolute atomic E-state index is 13.4. The lowest BCUT2D eigenvalue weighted by atomic mass is 10.2. The van der Waals surface area contributed by atoms with Crippen LogP contribution in [0.1, 0.15) is 14.5 Å². The third-order valence-electron chi connectivity index (χ3n) is 3.64. The number of thiophene rings is 2. The van der Waals surface area contributed by atoms with Gasteiger partial charge in [-0.05, 0) is 29.6 Å². The van der Waals surface area contributed by atoms with Crippen molar-refractivity contribution in [1.82, 2.24) is 9.78 Å². The smallest absolute Gasteiger partial charge is 0.268 e. The number of nitrogens with zero attached hydrogens (tertiary/aromatic N) is 2. The molecule has 3 heterocycles. The van der Waals surface area contributed by atoms with Crippen LogP contribution in [0.25, 0.3) is 10.1 Å². The first kappa shape index (κ1) is 16.3. The van der Waals surface area contributed by atoms with Crippen molar-refractivity contribution in [1.29, 1.82) is 0 Å². The number of fused-ring (bicyclic) bond motifs is 1. The van der Waals surface area contributed by atoms with E-state index < -0.39 is 0 Å². The van der Waals surface area contributed by atoms with Gasteiger partial charge in [0.25, 0.3) is 5.91 Å². The minimum atomic E-state index is -0.355. The van der Waals surface area contributed by atoms with E-state index >= 15 is 0 Å². The second kappa shape index (κ2) is 6.59. The van der Waals surface area contributed by atoms with Crippen molar-refractivity contribution >= 4 is 56.1 Å². The third kappa shape index (κ3) is 3.18. The molecule has 0 aliphatic heterocycles. The zero-order valence-electron chi connectivity index (χ0n) is 12.7. The van der Waals surface area contributed by atoms with E-state index in [1.54, 1.807) is 34.3 Å². The Balaban J connectivity index is 1.61. The average molecular weight is 392 g/mol. The fourth-order valence-electron chi connectivity index (χ4n) is 2.47. The molecule has 1 N–H and O–H groups in total. The monoisotopic (exact) mass is 391 g/mol. The zero-order chi connectivity index (χ0) is 17.4. The second-order valence-corrected chi connectivity index (χ2v) is 7.76. The Hall–Kier alpha value is -2.22. The molecule has 1 aromatic carbocycles. The highest BCUT2D eigenvalue weighted by Crippen LogP contribution is 2.36. The molecule has 0 atom stereocenters. The van der Waals surface area contributed by atoms with Crippen LogP contribution in [0.2, 0.25) is 5.02 Å². The van der Waals surface area contributed by atoms with Gasteiger partial charge < -0.3 is 5.32 Å². The number of anilines is 1. The summed E-state index contributed by atoms with van der Waals surface area (Å²) in [6, 6.07) is 10.0. The molecule has 8 heteroatoms. The second-order valence-electron chi connectivity index (χ2n) is 5.29. The molecule has 0 radical (unpaired) electrons. The molecule has 0 saturated carbocycles. The highest BCUT2D eigenvalue weighted by Gasteiger charge is 2.19. The number of carbonyl (C=O) groups excluding carboxylic acids is 1. The summed E-state index contributed by atoms with van der Waals surface area (Å²) in [6.45, 7) is 0.575. The van der Waals surface area contributed by atoms with Crippen molar-refractivity contribution in [2.24, 2.45) is 0 Å². The molecule has 3 aromatic heterocycles. The van der Waals surface area contributed by atoms with Gasteiger partial charge in [0.05, 0.1) is 17.8 Å². The molecule has 0 unspecified atom stereocenters. The zero-order valence-corrected chi connectivity index (χ0v) is 15.1. The molecule has 4 rings (SSSR count). The number of hydrogen-bond donors (Lipinski definition) is 1. The van der Waals surface area contributed by atoms with Crippen molar-refractivity contribution in [3.63, 3.8) is 0 Å². The molecule has 0 aliphatic rings. The van der Waals surface area contributed by atoms with Crippen LogP contribution in [0.4, 0.5) is 10.2 Å². The molecule has 0 aliphatic carbocycles. The summed E-state index contributed by atoms with van der Waals surface area (Å²) in [5.74, 6) is -0.107. The first-order valence-corrected chi connectivity index (χ1v) is 9.42.